The van der Waals surface area contributed by atoms with E-state index in [0.29, 0.717) is 51.6 Å². The average molecular weight is 399 g/mol. The molecule has 0 aliphatic heterocycles. The molecule has 150 valence electrons. The van der Waals surface area contributed by atoms with Crippen molar-refractivity contribution in [1.29, 1.82) is 0 Å². The summed E-state index contributed by atoms with van der Waals surface area (Å²) in [6.45, 7) is 0. The fourth-order valence-electron chi connectivity index (χ4n) is 2.82. The zero-order valence-electron chi connectivity index (χ0n) is 16.1. The maximum Gasteiger partial charge on any atom is 0.212 e. The van der Waals surface area contributed by atoms with Gasteiger partial charge in [0, 0.05) is 29.2 Å². The van der Waals surface area contributed by atoms with Crippen LogP contribution in [0.4, 0.5) is 17.1 Å². The minimum absolute atomic E-state index is 0.409. The highest BCUT2D eigenvalue weighted by atomic mass is 16.5. The summed E-state index contributed by atoms with van der Waals surface area (Å²) in [4.78, 5) is 0. The highest BCUT2D eigenvalue weighted by Gasteiger charge is 2.16. The molecule has 0 unspecified atom stereocenters. The first kappa shape index (κ1) is 19.0. The van der Waals surface area contributed by atoms with Crippen molar-refractivity contribution in [1.82, 2.24) is 0 Å². The Morgan fingerprint density at radius 2 is 0.933 bits per heavy atom. The summed E-state index contributed by atoms with van der Waals surface area (Å²) in [5.41, 5.74) is 19.4. The van der Waals surface area contributed by atoms with Crippen LogP contribution < -0.4 is 31.4 Å². The number of ether oxygens (including phenoxy) is 3. The summed E-state index contributed by atoms with van der Waals surface area (Å²) < 4.78 is 18.2. The molecule has 0 aromatic heterocycles. The van der Waals surface area contributed by atoms with E-state index < -0.39 is 0 Å². The zero-order valence-corrected chi connectivity index (χ0v) is 16.1. The SMILES string of the molecule is Nc1ccc(Oc2c(Oc3cccc(N)c3)cccc2Oc2cccc(N)c2)cc1. The molecule has 0 amide bonds. The van der Waals surface area contributed by atoms with Crippen molar-refractivity contribution < 1.29 is 14.2 Å². The van der Waals surface area contributed by atoms with Crippen molar-refractivity contribution in [3.8, 4) is 34.5 Å². The van der Waals surface area contributed by atoms with Gasteiger partial charge in [-0.3, -0.25) is 0 Å². The lowest BCUT2D eigenvalue weighted by atomic mass is 10.2. The maximum atomic E-state index is 6.13. The molecular weight excluding hydrogens is 378 g/mol. The van der Waals surface area contributed by atoms with Crippen LogP contribution in [0.25, 0.3) is 0 Å². The Labute approximate surface area is 174 Å². The number of hydrogen-bond donors (Lipinski definition) is 3. The van der Waals surface area contributed by atoms with E-state index in [4.69, 9.17) is 31.4 Å². The van der Waals surface area contributed by atoms with E-state index >= 15 is 0 Å². The number of nitrogen functional groups attached to an aromatic ring is 3. The van der Waals surface area contributed by atoms with Crippen molar-refractivity contribution in [3.05, 3.63) is 91.0 Å². The van der Waals surface area contributed by atoms with Gasteiger partial charge in [-0.15, -0.1) is 0 Å². The monoisotopic (exact) mass is 399 g/mol. The first-order chi connectivity index (χ1) is 14.6. The second-order valence-electron chi connectivity index (χ2n) is 6.60. The van der Waals surface area contributed by atoms with Gasteiger partial charge in [-0.05, 0) is 60.7 Å². The van der Waals surface area contributed by atoms with Gasteiger partial charge < -0.3 is 31.4 Å². The van der Waals surface area contributed by atoms with Gasteiger partial charge in [-0.2, -0.15) is 0 Å². The Morgan fingerprint density at radius 1 is 0.433 bits per heavy atom. The Bertz CT molecular complexity index is 1090. The van der Waals surface area contributed by atoms with Gasteiger partial charge in [-0.1, -0.05) is 18.2 Å². The van der Waals surface area contributed by atoms with E-state index in [-0.39, 0.29) is 0 Å². The summed E-state index contributed by atoms with van der Waals surface area (Å²) in [7, 11) is 0. The number of rotatable bonds is 6. The largest absolute Gasteiger partial charge is 0.453 e. The van der Waals surface area contributed by atoms with Gasteiger partial charge in [0.25, 0.3) is 0 Å². The molecule has 6 nitrogen and oxygen atoms in total. The van der Waals surface area contributed by atoms with Crippen molar-refractivity contribution >= 4 is 17.1 Å². The molecule has 0 heterocycles. The molecule has 4 aromatic rings. The molecule has 0 aliphatic carbocycles. The molecule has 6 heteroatoms. The van der Waals surface area contributed by atoms with E-state index in [2.05, 4.69) is 0 Å². The van der Waals surface area contributed by atoms with Crippen LogP contribution in [0.1, 0.15) is 0 Å². The predicted octanol–water partition coefficient (Wildman–Crippen LogP) is 5.81. The van der Waals surface area contributed by atoms with E-state index in [1.807, 2.05) is 30.3 Å². The van der Waals surface area contributed by atoms with Gasteiger partial charge in [0.05, 0.1) is 0 Å². The van der Waals surface area contributed by atoms with Crippen molar-refractivity contribution in [2.24, 2.45) is 0 Å². The van der Waals surface area contributed by atoms with Crippen LogP contribution in [0.2, 0.25) is 0 Å². The standard InChI is InChI=1S/C24H21N3O3/c25-16-10-12-19(13-11-16)30-24-22(28-20-6-1-4-17(26)14-20)8-3-9-23(24)29-21-7-2-5-18(27)15-21/h1-15H,25-27H2. The summed E-state index contributed by atoms with van der Waals surface area (Å²) >= 11 is 0. The smallest absolute Gasteiger partial charge is 0.212 e. The minimum Gasteiger partial charge on any atom is -0.453 e. The highest BCUT2D eigenvalue weighted by Crippen LogP contribution is 2.44. The van der Waals surface area contributed by atoms with Gasteiger partial charge in [0.15, 0.2) is 11.5 Å². The highest BCUT2D eigenvalue weighted by molar-refractivity contribution is 5.57. The lowest BCUT2D eigenvalue weighted by Gasteiger charge is -2.17. The van der Waals surface area contributed by atoms with Crippen LogP contribution in [-0.4, -0.2) is 0 Å². The Balaban J connectivity index is 1.73. The topological polar surface area (TPSA) is 106 Å². The summed E-state index contributed by atoms with van der Waals surface area (Å²) in [5, 5.41) is 0. The van der Waals surface area contributed by atoms with Crippen LogP contribution in [-0.2, 0) is 0 Å². The number of anilines is 3. The molecule has 6 N–H and O–H groups in total. The molecule has 0 spiro atoms. The molecule has 0 saturated carbocycles. The molecular formula is C24H21N3O3. The summed E-state index contributed by atoms with van der Waals surface area (Å²) in [6.07, 6.45) is 0. The Hall–Kier alpha value is -4.32. The summed E-state index contributed by atoms with van der Waals surface area (Å²) in [5.74, 6) is 3.10. The fraction of sp³-hybridized carbons (Fsp3) is 0. The van der Waals surface area contributed by atoms with Crippen molar-refractivity contribution in [3.63, 3.8) is 0 Å². The molecule has 0 bridgehead atoms. The normalized spacial score (nSPS) is 10.4. The van der Waals surface area contributed by atoms with Crippen molar-refractivity contribution in [2.45, 2.75) is 0 Å². The van der Waals surface area contributed by atoms with Gasteiger partial charge >= 0.3 is 0 Å². The molecule has 0 fully saturated rings. The summed E-state index contributed by atoms with van der Waals surface area (Å²) in [6, 6.07) is 26.8. The Morgan fingerprint density at radius 3 is 1.43 bits per heavy atom. The van der Waals surface area contributed by atoms with E-state index in [9.17, 15) is 0 Å². The van der Waals surface area contributed by atoms with Crippen molar-refractivity contribution in [2.75, 3.05) is 17.2 Å². The van der Waals surface area contributed by atoms with Gasteiger partial charge in [-0.25, -0.2) is 0 Å². The van der Waals surface area contributed by atoms with Gasteiger partial charge in [0.2, 0.25) is 5.75 Å². The third-order valence-corrected chi connectivity index (χ3v) is 4.21. The van der Waals surface area contributed by atoms with E-state index in [0.717, 1.165) is 0 Å². The average Bonchev–Trinajstić information content (AvgIpc) is 2.72. The first-order valence-electron chi connectivity index (χ1n) is 9.30. The third kappa shape index (κ3) is 4.56. The van der Waals surface area contributed by atoms with Crippen LogP contribution in [0.15, 0.2) is 91.0 Å². The van der Waals surface area contributed by atoms with Crippen LogP contribution >= 0.6 is 0 Å². The number of para-hydroxylation sites is 1. The number of hydrogen-bond acceptors (Lipinski definition) is 6. The van der Waals surface area contributed by atoms with E-state index in [1.165, 1.54) is 0 Å². The second-order valence-corrected chi connectivity index (χ2v) is 6.60. The minimum atomic E-state index is 0.409. The number of nitrogens with two attached hydrogens (primary N) is 3. The molecule has 30 heavy (non-hydrogen) atoms. The molecule has 0 atom stereocenters. The molecule has 0 radical (unpaired) electrons. The maximum absolute atomic E-state index is 6.13. The Kier molecular flexibility index (Phi) is 5.30. The van der Waals surface area contributed by atoms with Crippen LogP contribution in [0, 0.1) is 0 Å². The molecule has 0 aliphatic rings. The second kappa shape index (κ2) is 8.36. The predicted molar refractivity (Wildman–Crippen MR) is 119 cm³/mol. The molecule has 4 aromatic carbocycles. The van der Waals surface area contributed by atoms with Crippen LogP contribution in [0.3, 0.4) is 0 Å². The quantitative estimate of drug-likeness (QED) is 0.353. The fourth-order valence-corrected chi connectivity index (χ4v) is 2.82. The number of benzene rings is 4. The first-order valence-corrected chi connectivity index (χ1v) is 9.30. The lowest BCUT2D eigenvalue weighted by molar-refractivity contribution is 0.386. The third-order valence-electron chi connectivity index (χ3n) is 4.21. The van der Waals surface area contributed by atoms with Crippen LogP contribution in [0.5, 0.6) is 34.5 Å². The molecule has 4 rings (SSSR count). The molecule has 0 saturated heterocycles. The lowest BCUT2D eigenvalue weighted by Crippen LogP contribution is -1.95. The zero-order chi connectivity index (χ0) is 20.9. The van der Waals surface area contributed by atoms with Gasteiger partial charge in [0.1, 0.15) is 17.2 Å². The van der Waals surface area contributed by atoms with E-state index in [1.54, 1.807) is 60.7 Å².